The fourth-order valence-corrected chi connectivity index (χ4v) is 2.73. The summed E-state index contributed by atoms with van der Waals surface area (Å²) in [6.07, 6.45) is 1.96. The molecule has 0 fully saturated rings. The summed E-state index contributed by atoms with van der Waals surface area (Å²) in [5, 5.41) is 3.88. The average Bonchev–Trinajstić information content (AvgIpc) is 2.49. The molecule has 0 aliphatic carbocycles. The molecule has 0 aromatic heterocycles. The Labute approximate surface area is 132 Å². The first-order chi connectivity index (χ1) is 10.1. The second kappa shape index (κ2) is 5.80. The Bertz CT molecular complexity index is 713. The Morgan fingerprint density at radius 2 is 1.81 bits per heavy atom. The van der Waals surface area contributed by atoms with Crippen molar-refractivity contribution in [2.45, 2.75) is 0 Å². The zero-order valence-corrected chi connectivity index (χ0v) is 12.5. The minimum atomic E-state index is -0.208. The summed E-state index contributed by atoms with van der Waals surface area (Å²) in [4.78, 5) is 13.9. The minimum Gasteiger partial charge on any atom is -0.307 e. The Kier molecular flexibility index (Phi) is 3.86. The maximum atomic E-state index is 12.3. The van der Waals surface area contributed by atoms with E-state index in [4.69, 9.17) is 23.2 Å². The molecule has 1 heterocycles. The van der Waals surface area contributed by atoms with E-state index in [0.29, 0.717) is 22.3 Å². The van der Waals surface area contributed by atoms with Gasteiger partial charge in [0.25, 0.3) is 0 Å². The van der Waals surface area contributed by atoms with Gasteiger partial charge >= 0.3 is 6.03 Å². The largest absolute Gasteiger partial charge is 0.326 e. The molecular formula is C16H12Cl2N2O. The summed E-state index contributed by atoms with van der Waals surface area (Å²) in [5.74, 6) is 0. The van der Waals surface area contributed by atoms with Gasteiger partial charge in [-0.25, -0.2) is 4.79 Å². The summed E-state index contributed by atoms with van der Waals surface area (Å²) < 4.78 is 0. The van der Waals surface area contributed by atoms with Crippen LogP contribution in [0.5, 0.6) is 0 Å². The molecular weight excluding hydrogens is 307 g/mol. The van der Waals surface area contributed by atoms with Crippen LogP contribution in [0, 0.1) is 0 Å². The molecule has 106 valence electrons. The number of nitrogens with one attached hydrogen (secondary N) is 1. The number of carbonyl (C=O) groups is 1. The Morgan fingerprint density at radius 1 is 1.05 bits per heavy atom. The van der Waals surface area contributed by atoms with Crippen LogP contribution in [0.2, 0.25) is 10.0 Å². The number of halogens is 2. The molecule has 1 aliphatic rings. The molecule has 0 saturated heterocycles. The van der Waals surface area contributed by atoms with Crippen LogP contribution in [0.15, 0.2) is 54.6 Å². The van der Waals surface area contributed by atoms with Gasteiger partial charge in [-0.05, 0) is 29.8 Å². The zero-order chi connectivity index (χ0) is 14.8. The highest BCUT2D eigenvalue weighted by atomic mass is 35.5. The number of urea groups is 1. The molecule has 2 aromatic rings. The van der Waals surface area contributed by atoms with Crippen LogP contribution >= 0.6 is 23.2 Å². The van der Waals surface area contributed by atoms with Crippen LogP contribution in [-0.4, -0.2) is 12.6 Å². The summed E-state index contributed by atoms with van der Waals surface area (Å²) in [7, 11) is 0. The van der Waals surface area contributed by atoms with Crippen molar-refractivity contribution >= 4 is 40.6 Å². The lowest BCUT2D eigenvalue weighted by atomic mass is 10.1. The number of hydrogen-bond donors (Lipinski definition) is 1. The lowest BCUT2D eigenvalue weighted by molar-refractivity contribution is 0.250. The summed E-state index contributed by atoms with van der Waals surface area (Å²) in [5.41, 5.74) is 2.43. The fourth-order valence-electron chi connectivity index (χ4n) is 2.21. The molecule has 3 nitrogen and oxygen atoms in total. The van der Waals surface area contributed by atoms with Gasteiger partial charge in [0.2, 0.25) is 0 Å². The van der Waals surface area contributed by atoms with Crippen molar-refractivity contribution in [3.63, 3.8) is 0 Å². The first-order valence-electron chi connectivity index (χ1n) is 6.44. The van der Waals surface area contributed by atoms with E-state index in [1.54, 1.807) is 23.1 Å². The van der Waals surface area contributed by atoms with Gasteiger partial charge in [0.15, 0.2) is 0 Å². The van der Waals surface area contributed by atoms with Crippen molar-refractivity contribution in [1.82, 2.24) is 5.32 Å². The average molecular weight is 319 g/mol. The number of anilines is 1. The number of carbonyl (C=O) groups excluding carboxylic acids is 1. The van der Waals surface area contributed by atoms with Gasteiger partial charge in [-0.15, -0.1) is 0 Å². The van der Waals surface area contributed by atoms with Gasteiger partial charge in [0.1, 0.15) is 0 Å². The maximum absolute atomic E-state index is 12.3. The van der Waals surface area contributed by atoms with Crippen molar-refractivity contribution in [3.8, 4) is 0 Å². The maximum Gasteiger partial charge on any atom is 0.326 e. The lowest BCUT2D eigenvalue weighted by Gasteiger charge is -2.28. The third-order valence-corrected chi connectivity index (χ3v) is 3.79. The molecule has 2 amide bonds. The Balaban J connectivity index is 1.88. The van der Waals surface area contributed by atoms with Crippen LogP contribution in [0.3, 0.4) is 0 Å². The minimum absolute atomic E-state index is 0.208. The molecule has 1 aliphatic heterocycles. The predicted molar refractivity (Wildman–Crippen MR) is 86.8 cm³/mol. The van der Waals surface area contributed by atoms with Crippen molar-refractivity contribution < 1.29 is 4.79 Å². The third kappa shape index (κ3) is 2.89. The van der Waals surface area contributed by atoms with E-state index in [-0.39, 0.29) is 6.03 Å². The smallest absolute Gasteiger partial charge is 0.307 e. The van der Waals surface area contributed by atoms with E-state index in [1.807, 2.05) is 36.4 Å². The van der Waals surface area contributed by atoms with E-state index < -0.39 is 0 Å². The molecule has 21 heavy (non-hydrogen) atoms. The number of rotatable bonds is 2. The number of nitrogens with zero attached hydrogens (tertiary/aromatic N) is 1. The molecule has 0 spiro atoms. The molecule has 0 bridgehead atoms. The fraction of sp³-hybridized carbons (Fsp3) is 0.0625. The molecule has 2 aromatic carbocycles. The normalized spacial score (nSPS) is 14.7. The van der Waals surface area contributed by atoms with Gasteiger partial charge < -0.3 is 5.32 Å². The molecule has 5 heteroatoms. The van der Waals surface area contributed by atoms with Gasteiger partial charge in [-0.1, -0.05) is 53.5 Å². The molecule has 3 rings (SSSR count). The van der Waals surface area contributed by atoms with Crippen LogP contribution < -0.4 is 10.2 Å². The van der Waals surface area contributed by atoms with Crippen LogP contribution in [0.1, 0.15) is 5.56 Å². The highest BCUT2D eigenvalue weighted by Crippen LogP contribution is 2.30. The SMILES string of the molecule is O=C1NC(c2ccccc2)=CCN1c1ccc(Cl)cc1Cl. The van der Waals surface area contributed by atoms with Crippen LogP contribution in [0.25, 0.3) is 5.70 Å². The molecule has 0 atom stereocenters. The second-order valence-electron chi connectivity index (χ2n) is 4.62. The van der Waals surface area contributed by atoms with Gasteiger partial charge in [-0.2, -0.15) is 0 Å². The van der Waals surface area contributed by atoms with Crippen LogP contribution in [-0.2, 0) is 0 Å². The van der Waals surface area contributed by atoms with Crippen molar-refractivity contribution in [3.05, 3.63) is 70.2 Å². The predicted octanol–water partition coefficient (Wildman–Crippen LogP) is 4.56. The van der Waals surface area contributed by atoms with E-state index in [9.17, 15) is 4.79 Å². The standard InChI is InChI=1S/C16H12Cl2N2O/c17-12-6-7-15(13(18)10-12)20-9-8-14(19-16(20)21)11-4-2-1-3-5-11/h1-8,10H,9H2,(H,19,21). The van der Waals surface area contributed by atoms with Crippen molar-refractivity contribution in [2.75, 3.05) is 11.4 Å². The van der Waals surface area contributed by atoms with Crippen LogP contribution in [0.4, 0.5) is 10.5 Å². The quantitative estimate of drug-likeness (QED) is 0.864. The van der Waals surface area contributed by atoms with E-state index in [0.717, 1.165) is 11.3 Å². The van der Waals surface area contributed by atoms with Crippen molar-refractivity contribution in [2.24, 2.45) is 0 Å². The summed E-state index contributed by atoms with van der Waals surface area (Å²) >= 11 is 12.0. The number of hydrogen-bond acceptors (Lipinski definition) is 1. The third-order valence-electron chi connectivity index (χ3n) is 3.25. The summed E-state index contributed by atoms with van der Waals surface area (Å²) in [6, 6.07) is 14.6. The molecule has 0 unspecified atom stereocenters. The molecule has 1 N–H and O–H groups in total. The van der Waals surface area contributed by atoms with Gasteiger partial charge in [0.05, 0.1) is 10.7 Å². The van der Waals surface area contributed by atoms with Crippen molar-refractivity contribution in [1.29, 1.82) is 0 Å². The second-order valence-corrected chi connectivity index (χ2v) is 5.46. The van der Waals surface area contributed by atoms with Gasteiger partial charge in [0, 0.05) is 17.3 Å². The van der Waals surface area contributed by atoms with Gasteiger partial charge in [-0.3, -0.25) is 4.90 Å². The molecule has 0 radical (unpaired) electrons. The van der Waals surface area contributed by atoms with E-state index in [2.05, 4.69) is 5.32 Å². The zero-order valence-electron chi connectivity index (χ0n) is 11.0. The van der Waals surface area contributed by atoms with E-state index >= 15 is 0 Å². The number of benzene rings is 2. The monoisotopic (exact) mass is 318 g/mol. The number of amides is 2. The first kappa shape index (κ1) is 14.0. The molecule has 0 saturated carbocycles. The highest BCUT2D eigenvalue weighted by molar-refractivity contribution is 6.36. The Morgan fingerprint density at radius 3 is 2.48 bits per heavy atom. The topological polar surface area (TPSA) is 32.3 Å². The van der Waals surface area contributed by atoms with E-state index in [1.165, 1.54) is 0 Å². The summed E-state index contributed by atoms with van der Waals surface area (Å²) in [6.45, 7) is 0.456. The highest BCUT2D eigenvalue weighted by Gasteiger charge is 2.22. The lowest BCUT2D eigenvalue weighted by Crippen LogP contribution is -2.43. The Hall–Kier alpha value is -1.97. The first-order valence-corrected chi connectivity index (χ1v) is 7.20.